The van der Waals surface area contributed by atoms with E-state index in [1.54, 1.807) is 0 Å². The highest BCUT2D eigenvalue weighted by atomic mass is 32.1. The molecule has 0 saturated heterocycles. The van der Waals surface area contributed by atoms with Gasteiger partial charge in [0.05, 0.1) is 27.4 Å². The van der Waals surface area contributed by atoms with Crippen molar-refractivity contribution in [3.8, 4) is 5.69 Å². The maximum Gasteiger partial charge on any atom is 0.0893 e. The third-order valence-corrected chi connectivity index (χ3v) is 7.45. The molecule has 1 aliphatic rings. The van der Waals surface area contributed by atoms with Crippen LogP contribution in [-0.4, -0.2) is 9.55 Å². The average Bonchev–Trinajstić information content (AvgIpc) is 3.34. The molecule has 0 aliphatic heterocycles. The van der Waals surface area contributed by atoms with Crippen LogP contribution in [0.3, 0.4) is 0 Å². The number of fused-ring (bicyclic) bond motifs is 8. The Kier molecular flexibility index (Phi) is 3.29. The van der Waals surface area contributed by atoms with Crippen molar-refractivity contribution in [2.75, 3.05) is 0 Å². The van der Waals surface area contributed by atoms with E-state index in [1.165, 1.54) is 52.7 Å². The van der Waals surface area contributed by atoms with Crippen LogP contribution in [0.1, 0.15) is 12.8 Å². The molecule has 0 amide bonds. The van der Waals surface area contributed by atoms with Gasteiger partial charge in [0.1, 0.15) is 0 Å². The van der Waals surface area contributed by atoms with E-state index in [9.17, 15) is 0 Å². The van der Waals surface area contributed by atoms with Crippen LogP contribution in [0.2, 0.25) is 0 Å². The van der Waals surface area contributed by atoms with Gasteiger partial charge in [0, 0.05) is 26.2 Å². The SMILES string of the molecule is C1=c2sc3c(ncc4c3c3ccccc3n4-c3ccc4ccccc4c3)c2=CCC1. The Morgan fingerprint density at radius 3 is 2.60 bits per heavy atom. The van der Waals surface area contributed by atoms with E-state index in [-0.39, 0.29) is 0 Å². The van der Waals surface area contributed by atoms with Gasteiger partial charge in [-0.05, 0) is 41.8 Å². The highest BCUT2D eigenvalue weighted by molar-refractivity contribution is 7.18. The highest BCUT2D eigenvalue weighted by Gasteiger charge is 2.17. The number of para-hydroxylation sites is 1. The lowest BCUT2D eigenvalue weighted by Gasteiger charge is -2.09. The summed E-state index contributed by atoms with van der Waals surface area (Å²) >= 11 is 1.89. The number of thiophene rings is 1. The van der Waals surface area contributed by atoms with Crippen molar-refractivity contribution in [2.24, 2.45) is 0 Å². The average molecular weight is 403 g/mol. The molecule has 0 bridgehead atoms. The summed E-state index contributed by atoms with van der Waals surface area (Å²) in [7, 11) is 0. The molecule has 0 unspecified atom stereocenters. The lowest BCUT2D eigenvalue weighted by atomic mass is 10.1. The zero-order valence-corrected chi connectivity index (χ0v) is 17.1. The fourth-order valence-corrected chi connectivity index (χ4v) is 6.17. The molecule has 3 heteroatoms. The topological polar surface area (TPSA) is 17.8 Å². The van der Waals surface area contributed by atoms with E-state index < -0.39 is 0 Å². The fourth-order valence-electron chi connectivity index (χ4n) is 4.88. The van der Waals surface area contributed by atoms with Crippen LogP contribution in [0.15, 0.2) is 72.9 Å². The predicted octanol–water partition coefficient (Wildman–Crippen LogP) is 5.90. The Balaban J connectivity index is 1.67. The first-order valence-electron chi connectivity index (χ1n) is 10.4. The smallest absolute Gasteiger partial charge is 0.0893 e. The number of hydrogen-bond donors (Lipinski definition) is 0. The molecule has 3 aromatic carbocycles. The lowest BCUT2D eigenvalue weighted by Crippen LogP contribution is -2.21. The minimum Gasteiger partial charge on any atom is -0.308 e. The zero-order chi connectivity index (χ0) is 19.7. The van der Waals surface area contributed by atoms with Crippen LogP contribution < -0.4 is 9.75 Å². The van der Waals surface area contributed by atoms with Gasteiger partial charge in [-0.25, -0.2) is 0 Å². The van der Waals surface area contributed by atoms with Gasteiger partial charge in [0.25, 0.3) is 0 Å². The Bertz CT molecular complexity index is 1750. The molecule has 1 aliphatic carbocycles. The molecule has 0 radical (unpaired) electrons. The van der Waals surface area contributed by atoms with E-state index >= 15 is 0 Å². The van der Waals surface area contributed by atoms with E-state index in [0.717, 1.165) is 18.4 Å². The second kappa shape index (κ2) is 6.04. The van der Waals surface area contributed by atoms with E-state index in [0.29, 0.717) is 0 Å². The van der Waals surface area contributed by atoms with Gasteiger partial charge >= 0.3 is 0 Å². The molecular weight excluding hydrogens is 384 g/mol. The van der Waals surface area contributed by atoms with Crippen LogP contribution in [-0.2, 0) is 0 Å². The van der Waals surface area contributed by atoms with E-state index in [1.807, 2.05) is 11.3 Å². The number of aromatic nitrogens is 2. The molecule has 0 spiro atoms. The second-order valence-corrected chi connectivity index (χ2v) is 9.00. The van der Waals surface area contributed by atoms with Gasteiger partial charge in [0.15, 0.2) is 0 Å². The molecule has 3 aromatic heterocycles. The quantitative estimate of drug-likeness (QED) is 0.335. The van der Waals surface area contributed by atoms with Crippen LogP contribution in [0.4, 0.5) is 0 Å². The second-order valence-electron chi connectivity index (χ2n) is 7.95. The maximum absolute atomic E-state index is 4.96. The van der Waals surface area contributed by atoms with Crippen LogP contribution in [0, 0.1) is 0 Å². The number of pyridine rings is 1. The summed E-state index contributed by atoms with van der Waals surface area (Å²) in [4.78, 5) is 4.96. The molecular formula is C27H18N2S. The van der Waals surface area contributed by atoms with Crippen molar-refractivity contribution < 1.29 is 0 Å². The molecule has 0 saturated carbocycles. The lowest BCUT2D eigenvalue weighted by molar-refractivity contribution is 1.13. The van der Waals surface area contributed by atoms with Gasteiger partial charge in [0.2, 0.25) is 0 Å². The largest absolute Gasteiger partial charge is 0.308 e. The first kappa shape index (κ1) is 16.4. The first-order valence-corrected chi connectivity index (χ1v) is 11.2. The monoisotopic (exact) mass is 402 g/mol. The maximum atomic E-state index is 4.96. The zero-order valence-electron chi connectivity index (χ0n) is 16.3. The van der Waals surface area contributed by atoms with Gasteiger partial charge in [-0.2, -0.15) is 0 Å². The van der Waals surface area contributed by atoms with Crippen molar-refractivity contribution in [1.82, 2.24) is 9.55 Å². The summed E-state index contributed by atoms with van der Waals surface area (Å²) in [5, 5.41) is 6.47. The standard InChI is InChI=1S/C27H18N2S/c1-2-8-18-15-19(14-13-17(18)7-1)29-22-11-5-3-9-20(22)25-23(29)16-28-26-21-10-4-6-12-24(21)30-27(25)26/h1-3,5,7-16H,4,6H2. The minimum absolute atomic E-state index is 1.11. The molecule has 7 rings (SSSR count). The Labute approximate surface area is 177 Å². The van der Waals surface area contributed by atoms with Gasteiger partial charge in [-0.1, -0.05) is 60.7 Å². The summed E-state index contributed by atoms with van der Waals surface area (Å²) in [6.07, 6.45) is 9.03. The number of rotatable bonds is 1. The van der Waals surface area contributed by atoms with Crippen molar-refractivity contribution in [3.05, 3.63) is 82.7 Å². The van der Waals surface area contributed by atoms with E-state index in [4.69, 9.17) is 4.98 Å². The number of nitrogens with zero attached hydrogens (tertiary/aromatic N) is 2. The van der Waals surface area contributed by atoms with Crippen LogP contribution in [0.5, 0.6) is 0 Å². The molecule has 0 atom stereocenters. The Hall–Kier alpha value is -3.43. The number of benzene rings is 3. The number of hydrogen-bond acceptors (Lipinski definition) is 2. The van der Waals surface area contributed by atoms with E-state index in [2.05, 4.69) is 89.6 Å². The summed E-state index contributed by atoms with van der Waals surface area (Å²) < 4.78 is 5.05. The molecule has 0 fully saturated rings. The van der Waals surface area contributed by atoms with Gasteiger partial charge in [-0.3, -0.25) is 4.98 Å². The van der Waals surface area contributed by atoms with Crippen molar-refractivity contribution >= 4 is 66.3 Å². The normalized spacial score (nSPS) is 13.6. The van der Waals surface area contributed by atoms with Crippen LogP contribution >= 0.6 is 11.3 Å². The molecule has 3 heterocycles. The highest BCUT2D eigenvalue weighted by Crippen LogP contribution is 2.36. The van der Waals surface area contributed by atoms with Crippen molar-refractivity contribution in [3.63, 3.8) is 0 Å². The Morgan fingerprint density at radius 1 is 0.800 bits per heavy atom. The third-order valence-electron chi connectivity index (χ3n) is 6.24. The summed E-state index contributed by atoms with van der Waals surface area (Å²) in [5.74, 6) is 0. The van der Waals surface area contributed by atoms with Crippen molar-refractivity contribution in [1.29, 1.82) is 0 Å². The summed E-state index contributed by atoms with van der Waals surface area (Å²) in [6, 6.07) is 24.0. The van der Waals surface area contributed by atoms with Crippen LogP contribution in [0.25, 0.3) is 60.6 Å². The minimum atomic E-state index is 1.11. The Morgan fingerprint density at radius 2 is 1.63 bits per heavy atom. The predicted molar refractivity (Wildman–Crippen MR) is 129 cm³/mol. The first-order chi connectivity index (χ1) is 14.9. The summed E-state index contributed by atoms with van der Waals surface area (Å²) in [5.41, 5.74) is 4.74. The molecule has 0 N–H and O–H groups in total. The third kappa shape index (κ3) is 2.16. The van der Waals surface area contributed by atoms with Crippen molar-refractivity contribution in [2.45, 2.75) is 12.8 Å². The summed E-state index contributed by atoms with van der Waals surface area (Å²) in [6.45, 7) is 0. The van der Waals surface area contributed by atoms with Gasteiger partial charge in [-0.15, -0.1) is 11.3 Å². The molecule has 2 nitrogen and oxygen atoms in total. The fraction of sp³-hybridized carbons (Fsp3) is 0.0741. The molecule has 30 heavy (non-hydrogen) atoms. The molecule has 6 aromatic rings. The van der Waals surface area contributed by atoms with Gasteiger partial charge < -0.3 is 4.57 Å². The molecule has 142 valence electrons.